The third kappa shape index (κ3) is 5.15. The Bertz CT molecular complexity index is 1040. The van der Waals surface area contributed by atoms with Crippen molar-refractivity contribution in [2.24, 2.45) is 0 Å². The third-order valence-corrected chi connectivity index (χ3v) is 8.37. The van der Waals surface area contributed by atoms with Gasteiger partial charge in [0, 0.05) is 23.7 Å². The second-order valence-corrected chi connectivity index (χ2v) is 13.1. The number of hydrogen-bond acceptors (Lipinski definition) is 3. The van der Waals surface area contributed by atoms with Gasteiger partial charge >= 0.3 is 0 Å². The minimum absolute atomic E-state index is 0.0955. The minimum atomic E-state index is -3.52. The molecule has 4 nitrogen and oxygen atoms in total. The number of rotatable bonds is 3. The Balaban J connectivity index is 1.88. The molecular weight excluding hydrogens is 430 g/mol. The molecule has 1 fully saturated rings. The van der Waals surface area contributed by atoms with Gasteiger partial charge in [-0.3, -0.25) is 4.79 Å². The van der Waals surface area contributed by atoms with Gasteiger partial charge in [-0.15, -0.1) is 0 Å². The fraction of sp³-hybridized carbons (Fsp3) is 0.480. The standard InChI is InChI=1S/C25H32ClNO3S/c1-24(2,3)18-13-17(14-19(15-18)25(4,5)6)23(28)27-12-11-22(16-27)31(29,30)21-9-7-20(26)8-10-21/h7-10,13-15,22H,11-12,16H2,1-6H3. The van der Waals surface area contributed by atoms with Crippen LogP contribution in [0.4, 0.5) is 0 Å². The summed E-state index contributed by atoms with van der Waals surface area (Å²) in [5.41, 5.74) is 2.64. The number of hydrogen-bond donors (Lipinski definition) is 0. The summed E-state index contributed by atoms with van der Waals surface area (Å²) < 4.78 is 26.1. The molecule has 0 N–H and O–H groups in total. The number of carbonyl (C=O) groups excluding carboxylic acids is 1. The molecule has 1 unspecified atom stereocenters. The van der Waals surface area contributed by atoms with Gasteiger partial charge in [-0.2, -0.15) is 0 Å². The molecule has 31 heavy (non-hydrogen) atoms. The highest BCUT2D eigenvalue weighted by Gasteiger charge is 2.37. The van der Waals surface area contributed by atoms with Crippen LogP contribution in [-0.2, 0) is 20.7 Å². The molecule has 0 aromatic heterocycles. The molecule has 0 saturated carbocycles. The van der Waals surface area contributed by atoms with Gasteiger partial charge in [-0.05, 0) is 64.8 Å². The van der Waals surface area contributed by atoms with Crippen LogP contribution in [0.15, 0.2) is 47.4 Å². The molecule has 168 valence electrons. The Morgan fingerprint density at radius 1 is 0.935 bits per heavy atom. The number of carbonyl (C=O) groups is 1. The van der Waals surface area contributed by atoms with E-state index in [0.717, 1.165) is 11.1 Å². The zero-order valence-corrected chi connectivity index (χ0v) is 20.8. The van der Waals surface area contributed by atoms with E-state index in [9.17, 15) is 13.2 Å². The molecule has 1 aliphatic rings. The van der Waals surface area contributed by atoms with Crippen LogP contribution in [0.3, 0.4) is 0 Å². The maximum Gasteiger partial charge on any atom is 0.253 e. The predicted molar refractivity (Wildman–Crippen MR) is 127 cm³/mol. The van der Waals surface area contributed by atoms with E-state index in [0.29, 0.717) is 23.6 Å². The summed E-state index contributed by atoms with van der Waals surface area (Å²) in [6.45, 7) is 13.4. The molecular formula is C25H32ClNO3S. The maximum absolute atomic E-state index is 13.4. The summed E-state index contributed by atoms with van der Waals surface area (Å²) in [4.78, 5) is 15.3. The maximum atomic E-state index is 13.4. The summed E-state index contributed by atoms with van der Waals surface area (Å²) in [5.74, 6) is -0.106. The van der Waals surface area contributed by atoms with E-state index in [1.54, 1.807) is 17.0 Å². The SMILES string of the molecule is CC(C)(C)c1cc(C(=O)N2CCC(S(=O)(=O)c3ccc(Cl)cc3)C2)cc(C(C)(C)C)c1. The fourth-order valence-corrected chi connectivity index (χ4v) is 5.60. The lowest BCUT2D eigenvalue weighted by Crippen LogP contribution is -2.32. The Kier molecular flexibility index (Phi) is 6.34. The highest BCUT2D eigenvalue weighted by molar-refractivity contribution is 7.92. The fourth-order valence-electron chi connectivity index (χ4n) is 3.78. The average Bonchev–Trinajstić information content (AvgIpc) is 3.17. The van der Waals surface area contributed by atoms with E-state index in [4.69, 9.17) is 11.6 Å². The smallest absolute Gasteiger partial charge is 0.253 e. The zero-order chi connectivity index (χ0) is 23.2. The summed E-state index contributed by atoms with van der Waals surface area (Å²) in [6.07, 6.45) is 0.432. The van der Waals surface area contributed by atoms with Crippen molar-refractivity contribution in [3.63, 3.8) is 0 Å². The molecule has 0 bridgehead atoms. The molecule has 6 heteroatoms. The molecule has 1 atom stereocenters. The number of likely N-dealkylation sites (tertiary alicyclic amines) is 1. The monoisotopic (exact) mass is 461 g/mol. The van der Waals surface area contributed by atoms with Gasteiger partial charge in [0.25, 0.3) is 5.91 Å². The third-order valence-electron chi connectivity index (χ3n) is 5.93. The molecule has 0 spiro atoms. The molecule has 2 aromatic carbocycles. The molecule has 1 heterocycles. The van der Waals surface area contributed by atoms with Crippen LogP contribution in [0, 0.1) is 0 Å². The number of benzene rings is 2. The average molecular weight is 462 g/mol. The van der Waals surface area contributed by atoms with Gasteiger partial charge in [0.1, 0.15) is 0 Å². The lowest BCUT2D eigenvalue weighted by Gasteiger charge is -2.27. The van der Waals surface area contributed by atoms with Crippen LogP contribution < -0.4 is 0 Å². The number of nitrogens with zero attached hydrogens (tertiary/aromatic N) is 1. The molecule has 1 aliphatic heterocycles. The molecule has 0 aliphatic carbocycles. The predicted octanol–water partition coefficient (Wildman–Crippen LogP) is 5.62. The quantitative estimate of drug-likeness (QED) is 0.595. The van der Waals surface area contributed by atoms with Crippen molar-refractivity contribution in [2.45, 2.75) is 68.9 Å². The van der Waals surface area contributed by atoms with Crippen LogP contribution in [0.2, 0.25) is 5.02 Å². The normalized spacial score (nSPS) is 17.8. The van der Waals surface area contributed by atoms with E-state index >= 15 is 0 Å². The van der Waals surface area contributed by atoms with E-state index in [-0.39, 0.29) is 28.2 Å². The van der Waals surface area contributed by atoms with Crippen molar-refractivity contribution in [3.8, 4) is 0 Å². The van der Waals surface area contributed by atoms with Crippen LogP contribution in [0.5, 0.6) is 0 Å². The summed E-state index contributed by atoms with van der Waals surface area (Å²) >= 11 is 5.90. The Labute approximate surface area is 191 Å². The van der Waals surface area contributed by atoms with Crippen molar-refractivity contribution < 1.29 is 13.2 Å². The molecule has 2 aromatic rings. The highest BCUT2D eigenvalue weighted by Crippen LogP contribution is 2.32. The minimum Gasteiger partial charge on any atom is -0.337 e. The van der Waals surface area contributed by atoms with E-state index in [2.05, 4.69) is 47.6 Å². The summed E-state index contributed by atoms with van der Waals surface area (Å²) in [6, 6.07) is 12.3. The molecule has 3 rings (SSSR count). The van der Waals surface area contributed by atoms with Crippen molar-refractivity contribution >= 4 is 27.3 Å². The number of sulfone groups is 1. The van der Waals surface area contributed by atoms with E-state index in [1.807, 2.05) is 12.1 Å². The zero-order valence-electron chi connectivity index (χ0n) is 19.2. The Morgan fingerprint density at radius 2 is 1.45 bits per heavy atom. The summed E-state index contributed by atoms with van der Waals surface area (Å²) in [7, 11) is -3.52. The van der Waals surface area contributed by atoms with Crippen LogP contribution in [-0.4, -0.2) is 37.6 Å². The second-order valence-electron chi connectivity index (χ2n) is 10.5. The van der Waals surface area contributed by atoms with Gasteiger partial charge in [0.15, 0.2) is 9.84 Å². The van der Waals surface area contributed by atoms with Gasteiger partial charge < -0.3 is 4.90 Å². The Hall–Kier alpha value is -1.85. The first kappa shape index (κ1) is 23.8. The molecule has 1 amide bonds. The topological polar surface area (TPSA) is 54.5 Å². The van der Waals surface area contributed by atoms with Gasteiger partial charge in [-0.1, -0.05) is 59.2 Å². The first-order valence-corrected chi connectivity index (χ1v) is 12.6. The Morgan fingerprint density at radius 3 is 1.94 bits per heavy atom. The van der Waals surface area contributed by atoms with Gasteiger partial charge in [0.2, 0.25) is 0 Å². The van der Waals surface area contributed by atoms with Crippen molar-refractivity contribution in [1.29, 1.82) is 0 Å². The molecule has 0 radical (unpaired) electrons. The van der Waals surface area contributed by atoms with Gasteiger partial charge in [-0.25, -0.2) is 8.42 Å². The highest BCUT2D eigenvalue weighted by atomic mass is 35.5. The molecule has 1 saturated heterocycles. The van der Waals surface area contributed by atoms with E-state index in [1.165, 1.54) is 12.1 Å². The van der Waals surface area contributed by atoms with Crippen molar-refractivity contribution in [1.82, 2.24) is 4.90 Å². The largest absolute Gasteiger partial charge is 0.337 e. The lowest BCUT2D eigenvalue weighted by atomic mass is 9.79. The summed E-state index contributed by atoms with van der Waals surface area (Å²) in [5, 5.41) is -0.110. The van der Waals surface area contributed by atoms with Crippen LogP contribution >= 0.6 is 11.6 Å². The first-order chi connectivity index (χ1) is 14.2. The van der Waals surface area contributed by atoms with Crippen molar-refractivity contribution in [3.05, 3.63) is 64.2 Å². The van der Waals surface area contributed by atoms with Crippen molar-refractivity contribution in [2.75, 3.05) is 13.1 Å². The number of amides is 1. The van der Waals surface area contributed by atoms with Crippen LogP contribution in [0.25, 0.3) is 0 Å². The lowest BCUT2D eigenvalue weighted by molar-refractivity contribution is 0.0793. The van der Waals surface area contributed by atoms with Gasteiger partial charge in [0.05, 0.1) is 10.1 Å². The van der Waals surface area contributed by atoms with E-state index < -0.39 is 15.1 Å². The first-order valence-electron chi connectivity index (χ1n) is 10.6. The van der Waals surface area contributed by atoms with Crippen LogP contribution in [0.1, 0.15) is 69.4 Å². The second kappa shape index (κ2) is 8.25. The number of halogens is 1.